The van der Waals surface area contributed by atoms with Gasteiger partial charge in [0, 0.05) is 6.42 Å². The van der Waals surface area contributed by atoms with Crippen molar-refractivity contribution in [2.75, 3.05) is 0 Å². The molecular formula is C8H16F2O. The van der Waals surface area contributed by atoms with Crippen molar-refractivity contribution >= 4 is 0 Å². The van der Waals surface area contributed by atoms with Gasteiger partial charge in [-0.1, -0.05) is 20.8 Å². The highest BCUT2D eigenvalue weighted by atomic mass is 19.3. The molecule has 0 aromatic heterocycles. The van der Waals surface area contributed by atoms with Crippen molar-refractivity contribution in [3.8, 4) is 0 Å². The van der Waals surface area contributed by atoms with E-state index in [1.54, 1.807) is 13.8 Å². The Hall–Kier alpha value is -0.180. The Labute approximate surface area is 66.4 Å². The van der Waals surface area contributed by atoms with E-state index >= 15 is 0 Å². The molecule has 0 spiro atoms. The molecule has 68 valence electrons. The molecule has 0 amide bonds. The van der Waals surface area contributed by atoms with E-state index in [1.165, 1.54) is 6.92 Å². The lowest BCUT2D eigenvalue weighted by Gasteiger charge is -2.33. The molecule has 1 nitrogen and oxygen atoms in total. The van der Waals surface area contributed by atoms with Crippen LogP contribution in [0.5, 0.6) is 0 Å². The predicted octanol–water partition coefficient (Wildman–Crippen LogP) is 2.58. The van der Waals surface area contributed by atoms with Gasteiger partial charge in [-0.3, -0.25) is 0 Å². The fourth-order valence-electron chi connectivity index (χ4n) is 1.10. The maximum Gasteiger partial charge on any atom is 0.275 e. The van der Waals surface area contributed by atoms with Crippen LogP contribution in [0, 0.1) is 0 Å². The predicted molar refractivity (Wildman–Crippen MR) is 40.8 cm³/mol. The SMILES string of the molecule is CCC(F)(F)C(O)(CC)CC. The Kier molecular flexibility index (Phi) is 3.42. The summed E-state index contributed by atoms with van der Waals surface area (Å²) in [6.07, 6.45) is -0.0974. The molecule has 0 aliphatic carbocycles. The molecule has 0 heterocycles. The molecule has 0 bridgehead atoms. The number of alkyl halides is 2. The molecule has 0 radical (unpaired) electrons. The summed E-state index contributed by atoms with van der Waals surface area (Å²) in [5, 5.41) is 9.41. The monoisotopic (exact) mass is 166 g/mol. The van der Waals surface area contributed by atoms with E-state index in [0.717, 1.165) is 0 Å². The molecule has 0 saturated carbocycles. The Morgan fingerprint density at radius 1 is 1.00 bits per heavy atom. The second-order valence-corrected chi connectivity index (χ2v) is 2.80. The maximum absolute atomic E-state index is 13.0. The van der Waals surface area contributed by atoms with E-state index in [4.69, 9.17) is 0 Å². The lowest BCUT2D eigenvalue weighted by molar-refractivity contribution is -0.185. The summed E-state index contributed by atoms with van der Waals surface area (Å²) in [4.78, 5) is 0. The maximum atomic E-state index is 13.0. The molecule has 0 aliphatic rings. The quantitative estimate of drug-likeness (QED) is 0.680. The van der Waals surface area contributed by atoms with Crippen molar-refractivity contribution in [2.24, 2.45) is 0 Å². The van der Waals surface area contributed by atoms with Crippen molar-refractivity contribution < 1.29 is 13.9 Å². The van der Waals surface area contributed by atoms with Gasteiger partial charge in [-0.2, -0.15) is 0 Å². The van der Waals surface area contributed by atoms with Crippen LogP contribution in [-0.2, 0) is 0 Å². The van der Waals surface area contributed by atoms with Crippen LogP contribution in [0.4, 0.5) is 8.78 Å². The second-order valence-electron chi connectivity index (χ2n) is 2.80. The normalized spacial score (nSPS) is 13.6. The molecule has 0 unspecified atom stereocenters. The van der Waals surface area contributed by atoms with Crippen molar-refractivity contribution in [3.05, 3.63) is 0 Å². The standard InChI is InChI=1S/C8H16F2O/c1-4-7(11,5-2)8(9,10)6-3/h11H,4-6H2,1-3H3. The van der Waals surface area contributed by atoms with Crippen molar-refractivity contribution in [1.82, 2.24) is 0 Å². The average molecular weight is 166 g/mol. The van der Waals surface area contributed by atoms with Gasteiger partial charge in [0.05, 0.1) is 0 Å². The van der Waals surface area contributed by atoms with E-state index in [1.807, 2.05) is 0 Å². The molecule has 0 aromatic carbocycles. The van der Waals surface area contributed by atoms with E-state index in [2.05, 4.69) is 0 Å². The van der Waals surface area contributed by atoms with Crippen LogP contribution in [0.15, 0.2) is 0 Å². The molecular weight excluding hydrogens is 150 g/mol. The fraction of sp³-hybridized carbons (Fsp3) is 1.00. The van der Waals surface area contributed by atoms with Crippen LogP contribution in [0.1, 0.15) is 40.0 Å². The van der Waals surface area contributed by atoms with Crippen LogP contribution in [0.3, 0.4) is 0 Å². The number of aliphatic hydroxyl groups is 1. The largest absolute Gasteiger partial charge is 0.384 e. The first-order chi connectivity index (χ1) is 4.93. The Morgan fingerprint density at radius 2 is 1.36 bits per heavy atom. The summed E-state index contributed by atoms with van der Waals surface area (Å²) in [7, 11) is 0. The minimum Gasteiger partial charge on any atom is -0.384 e. The molecule has 0 fully saturated rings. The summed E-state index contributed by atoms with van der Waals surface area (Å²) in [5.41, 5.74) is -1.80. The molecule has 3 heteroatoms. The van der Waals surface area contributed by atoms with Crippen LogP contribution >= 0.6 is 0 Å². The lowest BCUT2D eigenvalue weighted by atomic mass is 9.88. The van der Waals surface area contributed by atoms with E-state index in [0.29, 0.717) is 0 Å². The zero-order valence-corrected chi connectivity index (χ0v) is 7.32. The molecule has 1 N–H and O–H groups in total. The first-order valence-electron chi connectivity index (χ1n) is 4.03. The van der Waals surface area contributed by atoms with E-state index in [9.17, 15) is 13.9 Å². The van der Waals surface area contributed by atoms with Gasteiger partial charge in [-0.25, -0.2) is 8.78 Å². The van der Waals surface area contributed by atoms with E-state index < -0.39 is 11.5 Å². The smallest absolute Gasteiger partial charge is 0.275 e. The summed E-state index contributed by atoms with van der Waals surface area (Å²) in [6, 6.07) is 0. The highest BCUT2D eigenvalue weighted by Crippen LogP contribution is 2.36. The topological polar surface area (TPSA) is 20.2 Å². The minimum atomic E-state index is -2.95. The van der Waals surface area contributed by atoms with Crippen LogP contribution < -0.4 is 0 Å². The Morgan fingerprint density at radius 3 is 1.45 bits per heavy atom. The van der Waals surface area contributed by atoms with Crippen molar-refractivity contribution in [1.29, 1.82) is 0 Å². The molecule has 0 rings (SSSR count). The summed E-state index contributed by atoms with van der Waals surface area (Å²) in [5.74, 6) is -2.95. The lowest BCUT2D eigenvalue weighted by Crippen LogP contribution is -2.46. The third-order valence-corrected chi connectivity index (χ3v) is 2.29. The van der Waals surface area contributed by atoms with Gasteiger partial charge in [0.15, 0.2) is 0 Å². The zero-order valence-electron chi connectivity index (χ0n) is 7.32. The highest BCUT2D eigenvalue weighted by molar-refractivity contribution is 4.89. The highest BCUT2D eigenvalue weighted by Gasteiger charge is 2.48. The van der Waals surface area contributed by atoms with Gasteiger partial charge in [0.2, 0.25) is 0 Å². The number of hydrogen-bond donors (Lipinski definition) is 1. The van der Waals surface area contributed by atoms with Gasteiger partial charge in [0.25, 0.3) is 5.92 Å². The number of halogens is 2. The zero-order chi connectivity index (χ0) is 9.12. The Balaban J connectivity index is 4.47. The van der Waals surface area contributed by atoms with Gasteiger partial charge in [-0.05, 0) is 12.8 Å². The number of rotatable bonds is 4. The summed E-state index contributed by atoms with van der Waals surface area (Å²) >= 11 is 0. The third-order valence-electron chi connectivity index (χ3n) is 2.29. The number of hydrogen-bond acceptors (Lipinski definition) is 1. The van der Waals surface area contributed by atoms with Gasteiger partial charge >= 0.3 is 0 Å². The first-order valence-corrected chi connectivity index (χ1v) is 4.03. The Bertz CT molecular complexity index is 119. The average Bonchev–Trinajstić information content (AvgIpc) is 2.02. The summed E-state index contributed by atoms with van der Waals surface area (Å²) < 4.78 is 25.9. The van der Waals surface area contributed by atoms with Crippen molar-refractivity contribution in [2.45, 2.75) is 51.6 Å². The molecule has 0 aromatic rings. The van der Waals surface area contributed by atoms with Crippen LogP contribution in [0.2, 0.25) is 0 Å². The minimum absolute atomic E-state index is 0.102. The molecule has 0 atom stereocenters. The second kappa shape index (κ2) is 3.48. The van der Waals surface area contributed by atoms with Gasteiger partial charge in [0.1, 0.15) is 5.60 Å². The van der Waals surface area contributed by atoms with Gasteiger partial charge in [-0.15, -0.1) is 0 Å². The van der Waals surface area contributed by atoms with Crippen molar-refractivity contribution in [3.63, 3.8) is 0 Å². The third kappa shape index (κ3) is 1.89. The van der Waals surface area contributed by atoms with Crippen LogP contribution in [0.25, 0.3) is 0 Å². The fourth-order valence-corrected chi connectivity index (χ4v) is 1.10. The molecule has 11 heavy (non-hydrogen) atoms. The van der Waals surface area contributed by atoms with Gasteiger partial charge < -0.3 is 5.11 Å². The molecule has 0 saturated heterocycles. The van der Waals surface area contributed by atoms with E-state index in [-0.39, 0.29) is 19.3 Å². The van der Waals surface area contributed by atoms with Crippen LogP contribution in [-0.4, -0.2) is 16.6 Å². The first kappa shape index (κ1) is 10.8. The summed E-state index contributed by atoms with van der Waals surface area (Å²) in [6.45, 7) is 4.54. The molecule has 0 aliphatic heterocycles.